The van der Waals surface area contributed by atoms with Crippen LogP contribution in [0.15, 0.2) is 0 Å². The fourth-order valence-corrected chi connectivity index (χ4v) is 0. The van der Waals surface area contributed by atoms with Crippen LogP contribution in [0.5, 0.6) is 0 Å². The van der Waals surface area contributed by atoms with Crippen molar-refractivity contribution in [1.29, 1.82) is 0 Å². The van der Waals surface area contributed by atoms with Gasteiger partial charge in [-0.05, 0) is 0 Å². The standard InChI is InChI=1S/CH4.2CH3.Pd.Y/h1H4;2*1H3;;/q;2*-1;+2;. The van der Waals surface area contributed by atoms with E-state index in [1.807, 2.05) is 0 Å². The Kier molecular flexibility index (Phi) is 606. The zero-order valence-corrected chi connectivity index (χ0v) is 7.29. The van der Waals surface area contributed by atoms with Crippen LogP contribution in [0.25, 0.3) is 0 Å². The van der Waals surface area contributed by atoms with Crippen LogP contribution >= 0.6 is 0 Å². The van der Waals surface area contributed by atoms with E-state index in [9.17, 15) is 0 Å². The van der Waals surface area contributed by atoms with Crippen LogP contribution in [0.2, 0.25) is 0 Å². The molecule has 2 heteroatoms. The first-order valence-corrected chi connectivity index (χ1v) is 0. The number of rotatable bonds is 0. The van der Waals surface area contributed by atoms with Crippen molar-refractivity contribution in [2.75, 3.05) is 0 Å². The minimum Gasteiger partial charge on any atom is -0.358 e. The Hall–Kier alpha value is 1.77. The van der Waals surface area contributed by atoms with Crippen LogP contribution < -0.4 is 0 Å². The van der Waals surface area contributed by atoms with Gasteiger partial charge in [0.2, 0.25) is 0 Å². The van der Waals surface area contributed by atoms with E-state index in [2.05, 4.69) is 0 Å². The van der Waals surface area contributed by atoms with Gasteiger partial charge in [0.25, 0.3) is 0 Å². The van der Waals surface area contributed by atoms with Gasteiger partial charge in [-0.25, -0.2) is 0 Å². The maximum atomic E-state index is 0. The predicted octanol–water partition coefficient (Wildman–Crippen LogP) is 1.53. The summed E-state index contributed by atoms with van der Waals surface area (Å²) in [6.45, 7) is 0. The number of hydrogen-bond acceptors (Lipinski definition) is 0. The van der Waals surface area contributed by atoms with Crippen molar-refractivity contribution in [3.05, 3.63) is 14.9 Å². The van der Waals surface area contributed by atoms with Crippen molar-refractivity contribution in [2.45, 2.75) is 7.43 Å². The smallest absolute Gasteiger partial charge is 0.358 e. The van der Waals surface area contributed by atoms with Crippen LogP contribution in [0.1, 0.15) is 7.43 Å². The Labute approximate surface area is 74.6 Å². The molecule has 0 bridgehead atoms. The van der Waals surface area contributed by atoms with Crippen molar-refractivity contribution in [2.24, 2.45) is 0 Å². The molecule has 0 N–H and O–H groups in total. The summed E-state index contributed by atoms with van der Waals surface area (Å²) >= 11 is 0. The van der Waals surface area contributed by atoms with E-state index in [4.69, 9.17) is 0 Å². The molecule has 35 valence electrons. The molecule has 0 aromatic carbocycles. The van der Waals surface area contributed by atoms with E-state index < -0.39 is 0 Å². The van der Waals surface area contributed by atoms with Gasteiger partial charge < -0.3 is 14.9 Å². The molecule has 0 saturated heterocycles. The van der Waals surface area contributed by atoms with E-state index >= 15 is 0 Å². The Morgan fingerprint density at radius 3 is 0.800 bits per heavy atom. The molecule has 0 aromatic rings. The summed E-state index contributed by atoms with van der Waals surface area (Å²) in [6, 6.07) is 0. The van der Waals surface area contributed by atoms with Gasteiger partial charge in [-0.15, -0.1) is 0 Å². The molecule has 0 aliphatic heterocycles. The van der Waals surface area contributed by atoms with Gasteiger partial charge in [-0.2, -0.15) is 0 Å². The third kappa shape index (κ3) is 26.2. The van der Waals surface area contributed by atoms with Crippen LogP contribution in [0.4, 0.5) is 0 Å². The molecule has 0 spiro atoms. The van der Waals surface area contributed by atoms with Crippen molar-refractivity contribution < 1.29 is 53.1 Å². The quantitative estimate of drug-likeness (QED) is 0.446. The van der Waals surface area contributed by atoms with Gasteiger partial charge in [0.05, 0.1) is 0 Å². The van der Waals surface area contributed by atoms with Crippen molar-refractivity contribution in [1.82, 2.24) is 0 Å². The molecule has 0 saturated carbocycles. The first-order valence-electron chi connectivity index (χ1n) is 0. The molecule has 0 fully saturated rings. The Morgan fingerprint density at radius 2 is 0.800 bits per heavy atom. The molecule has 0 rings (SSSR count). The van der Waals surface area contributed by atoms with Crippen molar-refractivity contribution in [3.63, 3.8) is 0 Å². The SMILES string of the molecule is C.[CH3-].[CH3-].[Pd+2].[Y]. The van der Waals surface area contributed by atoms with Crippen molar-refractivity contribution in [3.8, 4) is 0 Å². The Morgan fingerprint density at radius 1 is 0.800 bits per heavy atom. The molecule has 0 aliphatic carbocycles. The van der Waals surface area contributed by atoms with E-state index in [0.29, 0.717) is 0 Å². The molecule has 0 atom stereocenters. The maximum Gasteiger partial charge on any atom is 2.00 e. The molecule has 5 heavy (non-hydrogen) atoms. The molecule has 1 radical (unpaired) electrons. The van der Waals surface area contributed by atoms with Crippen LogP contribution in [-0.2, 0) is 53.1 Å². The van der Waals surface area contributed by atoms with Gasteiger partial charge in [0, 0.05) is 32.7 Å². The zero-order valence-electron chi connectivity index (χ0n) is 2.89. The van der Waals surface area contributed by atoms with Gasteiger partial charge in [0.15, 0.2) is 0 Å². The molecular weight excluding hydrogens is 231 g/mol. The Balaban J connectivity index is 0. The first-order chi connectivity index (χ1) is 0. The average Bonchev–Trinajstić information content (AvgIpc) is 0. The minimum absolute atomic E-state index is 0. The third-order valence-electron chi connectivity index (χ3n) is 0. The summed E-state index contributed by atoms with van der Waals surface area (Å²) in [5.41, 5.74) is 0. The van der Waals surface area contributed by atoms with Crippen LogP contribution in [-0.4, -0.2) is 0 Å². The summed E-state index contributed by atoms with van der Waals surface area (Å²) in [7, 11) is 0. The second-order valence-corrected chi connectivity index (χ2v) is 0. The molecular formula is C3H10PdY. The summed E-state index contributed by atoms with van der Waals surface area (Å²) in [5.74, 6) is 0. The van der Waals surface area contributed by atoms with E-state index in [-0.39, 0.29) is 75.4 Å². The first kappa shape index (κ1) is 72.1. The van der Waals surface area contributed by atoms with Gasteiger partial charge in [-0.3, -0.25) is 0 Å². The monoisotopic (exact) mass is 241 g/mol. The summed E-state index contributed by atoms with van der Waals surface area (Å²) in [5, 5.41) is 0. The predicted molar refractivity (Wildman–Crippen MR) is 19.6 cm³/mol. The third-order valence-corrected chi connectivity index (χ3v) is 0. The van der Waals surface area contributed by atoms with Gasteiger partial charge in [-0.1, -0.05) is 7.43 Å². The molecule has 0 amide bonds. The fourth-order valence-electron chi connectivity index (χ4n) is 0. The largest absolute Gasteiger partial charge is 2.00 e. The van der Waals surface area contributed by atoms with Crippen LogP contribution in [0.3, 0.4) is 0 Å². The van der Waals surface area contributed by atoms with Gasteiger partial charge >= 0.3 is 20.4 Å². The van der Waals surface area contributed by atoms with Crippen LogP contribution in [0, 0.1) is 14.9 Å². The molecule has 0 heterocycles. The summed E-state index contributed by atoms with van der Waals surface area (Å²) in [4.78, 5) is 0. The normalized spacial score (nSPS) is 0. The van der Waals surface area contributed by atoms with Gasteiger partial charge in [0.1, 0.15) is 0 Å². The van der Waals surface area contributed by atoms with E-state index in [1.165, 1.54) is 0 Å². The maximum absolute atomic E-state index is 0. The topological polar surface area (TPSA) is 0 Å². The average molecular weight is 241 g/mol. The second kappa shape index (κ2) is 42.0. The van der Waals surface area contributed by atoms with Crippen molar-refractivity contribution >= 4 is 0 Å². The molecule has 0 aliphatic rings. The number of hydrogen-bond donors (Lipinski definition) is 0. The molecule has 0 nitrogen and oxygen atoms in total. The zero-order chi connectivity index (χ0) is 0. The second-order valence-electron chi connectivity index (χ2n) is 0. The van der Waals surface area contributed by atoms with E-state index in [0.717, 1.165) is 0 Å². The minimum atomic E-state index is 0. The fraction of sp³-hybridized carbons (Fsp3) is 0.333. The van der Waals surface area contributed by atoms with E-state index in [1.54, 1.807) is 0 Å². The molecule has 0 unspecified atom stereocenters. The summed E-state index contributed by atoms with van der Waals surface area (Å²) < 4.78 is 0. The summed E-state index contributed by atoms with van der Waals surface area (Å²) in [6.07, 6.45) is 0. The molecule has 0 aromatic heterocycles. The Bertz CT molecular complexity index is 6.85.